The van der Waals surface area contributed by atoms with Gasteiger partial charge in [0.25, 0.3) is 0 Å². The van der Waals surface area contributed by atoms with Crippen molar-refractivity contribution in [2.24, 2.45) is 0 Å². The van der Waals surface area contributed by atoms with Crippen molar-refractivity contribution >= 4 is 22.9 Å². The summed E-state index contributed by atoms with van der Waals surface area (Å²) in [4.78, 5) is 4.12. The summed E-state index contributed by atoms with van der Waals surface area (Å²) in [5.41, 5.74) is 2.33. The summed E-state index contributed by atoms with van der Waals surface area (Å²) in [5.74, 6) is 0.875. The van der Waals surface area contributed by atoms with Gasteiger partial charge in [-0.3, -0.25) is 4.98 Å². The highest BCUT2D eigenvalue weighted by Crippen LogP contribution is 2.17. The van der Waals surface area contributed by atoms with Crippen molar-refractivity contribution in [1.82, 2.24) is 4.98 Å². The maximum absolute atomic E-state index is 5.15. The smallest absolute Gasteiger partial charge is 0.118 e. The number of rotatable bonds is 3. The normalized spacial score (nSPS) is 11.1. The van der Waals surface area contributed by atoms with E-state index in [1.807, 2.05) is 42.7 Å². The third-order valence-corrected chi connectivity index (χ3v) is 3.25. The van der Waals surface area contributed by atoms with Gasteiger partial charge in [-0.05, 0) is 40.8 Å². The molecule has 0 aliphatic carbocycles. The van der Waals surface area contributed by atoms with Gasteiger partial charge in [0.2, 0.25) is 0 Å². The molecule has 0 saturated heterocycles. The van der Waals surface area contributed by atoms with E-state index in [-0.39, 0.29) is 0 Å². The Morgan fingerprint density at radius 1 is 0.850 bits per heavy atom. The van der Waals surface area contributed by atoms with Gasteiger partial charge in [-0.25, -0.2) is 0 Å². The molecule has 2 heteroatoms. The quantitative estimate of drug-likeness (QED) is 0.651. The van der Waals surface area contributed by atoms with Crippen molar-refractivity contribution in [3.8, 4) is 5.75 Å². The van der Waals surface area contributed by atoms with Crippen LogP contribution in [-0.2, 0) is 0 Å². The minimum absolute atomic E-state index is 0.875. The van der Waals surface area contributed by atoms with Gasteiger partial charge >= 0.3 is 0 Å². The van der Waals surface area contributed by atoms with E-state index in [0.717, 1.165) is 16.7 Å². The Morgan fingerprint density at radius 2 is 1.60 bits per heavy atom. The van der Waals surface area contributed by atoms with Crippen LogP contribution in [0.1, 0.15) is 11.1 Å². The molecule has 98 valence electrons. The van der Waals surface area contributed by atoms with E-state index in [0.29, 0.717) is 0 Å². The van der Waals surface area contributed by atoms with E-state index >= 15 is 0 Å². The van der Waals surface area contributed by atoms with Gasteiger partial charge in [-0.2, -0.15) is 0 Å². The molecule has 0 bridgehead atoms. The lowest BCUT2D eigenvalue weighted by Gasteiger charge is -2.00. The van der Waals surface area contributed by atoms with Gasteiger partial charge in [0.1, 0.15) is 5.75 Å². The lowest BCUT2D eigenvalue weighted by Crippen LogP contribution is -1.81. The van der Waals surface area contributed by atoms with Crippen molar-refractivity contribution < 1.29 is 4.74 Å². The molecule has 0 amide bonds. The number of fused-ring (bicyclic) bond motifs is 1. The molecule has 3 rings (SSSR count). The minimum Gasteiger partial charge on any atom is -0.497 e. The Kier molecular flexibility index (Phi) is 3.46. The highest BCUT2D eigenvalue weighted by atomic mass is 16.5. The first-order valence-electron chi connectivity index (χ1n) is 6.51. The van der Waals surface area contributed by atoms with Crippen molar-refractivity contribution in [1.29, 1.82) is 0 Å². The topological polar surface area (TPSA) is 22.1 Å². The Morgan fingerprint density at radius 3 is 2.40 bits per heavy atom. The number of hydrogen-bond acceptors (Lipinski definition) is 2. The zero-order valence-corrected chi connectivity index (χ0v) is 11.3. The third kappa shape index (κ3) is 2.69. The van der Waals surface area contributed by atoms with Crippen LogP contribution < -0.4 is 4.74 Å². The summed E-state index contributed by atoms with van der Waals surface area (Å²) in [6.07, 6.45) is 7.91. The van der Waals surface area contributed by atoms with E-state index in [1.54, 1.807) is 7.11 Å². The fourth-order valence-corrected chi connectivity index (χ4v) is 2.11. The number of aromatic nitrogens is 1. The zero-order chi connectivity index (χ0) is 13.8. The summed E-state index contributed by atoms with van der Waals surface area (Å²) < 4.78 is 5.15. The largest absolute Gasteiger partial charge is 0.497 e. The van der Waals surface area contributed by atoms with E-state index in [9.17, 15) is 0 Å². The second-order valence-corrected chi connectivity index (χ2v) is 4.59. The van der Waals surface area contributed by atoms with Crippen LogP contribution in [0.3, 0.4) is 0 Å². The maximum Gasteiger partial charge on any atom is 0.118 e. The first kappa shape index (κ1) is 12.4. The predicted molar refractivity (Wildman–Crippen MR) is 83.7 cm³/mol. The summed E-state index contributed by atoms with van der Waals surface area (Å²) in [6, 6.07) is 16.4. The molecule has 0 N–H and O–H groups in total. The summed E-state index contributed by atoms with van der Waals surface area (Å²) in [7, 11) is 1.68. The van der Waals surface area contributed by atoms with Gasteiger partial charge in [-0.1, -0.05) is 36.4 Å². The van der Waals surface area contributed by atoms with E-state index < -0.39 is 0 Å². The number of methoxy groups -OCH3 is 1. The second kappa shape index (κ2) is 5.57. The molecule has 1 heterocycles. The van der Waals surface area contributed by atoms with Crippen LogP contribution in [0.15, 0.2) is 60.9 Å². The molecule has 2 aromatic carbocycles. The number of pyridine rings is 1. The molecular formula is C18H15NO. The van der Waals surface area contributed by atoms with Gasteiger partial charge in [0.05, 0.1) is 7.11 Å². The first-order chi connectivity index (χ1) is 9.85. The van der Waals surface area contributed by atoms with E-state index in [2.05, 4.69) is 35.3 Å². The average Bonchev–Trinajstić information content (AvgIpc) is 2.53. The molecule has 0 aliphatic heterocycles. The molecule has 0 saturated carbocycles. The Balaban J connectivity index is 1.85. The number of nitrogens with zero attached hydrogens (tertiary/aromatic N) is 1. The molecule has 0 radical (unpaired) electrons. The molecule has 0 unspecified atom stereocenters. The molecule has 0 spiro atoms. The van der Waals surface area contributed by atoms with Crippen molar-refractivity contribution in [3.05, 3.63) is 72.1 Å². The number of benzene rings is 2. The van der Waals surface area contributed by atoms with Crippen molar-refractivity contribution in [3.63, 3.8) is 0 Å². The Labute approximate surface area is 118 Å². The van der Waals surface area contributed by atoms with Crippen LogP contribution in [0, 0.1) is 0 Å². The average molecular weight is 261 g/mol. The minimum atomic E-state index is 0.875. The zero-order valence-electron chi connectivity index (χ0n) is 11.3. The van der Waals surface area contributed by atoms with Gasteiger partial charge < -0.3 is 4.74 Å². The van der Waals surface area contributed by atoms with Crippen LogP contribution in [0.25, 0.3) is 22.9 Å². The highest BCUT2D eigenvalue weighted by Gasteiger charge is 1.94. The molecule has 0 atom stereocenters. The molecule has 2 nitrogen and oxygen atoms in total. The fraction of sp³-hybridized carbons (Fsp3) is 0.0556. The first-order valence-corrected chi connectivity index (χ1v) is 6.51. The van der Waals surface area contributed by atoms with Crippen molar-refractivity contribution in [2.75, 3.05) is 7.11 Å². The van der Waals surface area contributed by atoms with E-state index in [1.165, 1.54) is 10.9 Å². The summed E-state index contributed by atoms with van der Waals surface area (Å²) >= 11 is 0. The van der Waals surface area contributed by atoms with Crippen molar-refractivity contribution in [2.45, 2.75) is 0 Å². The summed E-state index contributed by atoms with van der Waals surface area (Å²) in [5, 5.41) is 2.37. The van der Waals surface area contributed by atoms with Gasteiger partial charge in [-0.15, -0.1) is 0 Å². The van der Waals surface area contributed by atoms with Crippen LogP contribution in [0.5, 0.6) is 5.75 Å². The predicted octanol–water partition coefficient (Wildman–Crippen LogP) is 4.41. The van der Waals surface area contributed by atoms with Crippen LogP contribution in [-0.4, -0.2) is 12.1 Å². The third-order valence-electron chi connectivity index (χ3n) is 3.25. The van der Waals surface area contributed by atoms with Gasteiger partial charge in [0, 0.05) is 17.8 Å². The van der Waals surface area contributed by atoms with Crippen LogP contribution in [0.4, 0.5) is 0 Å². The lowest BCUT2D eigenvalue weighted by molar-refractivity contribution is 0.415. The molecule has 0 aliphatic rings. The fourth-order valence-electron chi connectivity index (χ4n) is 2.11. The molecule has 1 aromatic heterocycles. The summed E-state index contributed by atoms with van der Waals surface area (Å²) in [6.45, 7) is 0. The molecule has 3 aromatic rings. The molecule has 20 heavy (non-hydrogen) atoms. The Hall–Kier alpha value is -2.61. The number of ether oxygens (including phenoxy) is 1. The Bertz CT molecular complexity index is 745. The lowest BCUT2D eigenvalue weighted by atomic mass is 10.1. The highest BCUT2D eigenvalue weighted by molar-refractivity contribution is 5.85. The standard InChI is InChI=1S/C18H15NO/c1-20-18-8-5-14(6-9-18)2-3-15-4-7-17-13-19-11-10-16(17)12-15/h2-13H,1H3/b3-2+. The SMILES string of the molecule is COc1ccc(/C=C/c2ccc3cnccc3c2)cc1. The van der Waals surface area contributed by atoms with Crippen LogP contribution in [0.2, 0.25) is 0 Å². The monoisotopic (exact) mass is 261 g/mol. The van der Waals surface area contributed by atoms with Crippen LogP contribution >= 0.6 is 0 Å². The number of hydrogen-bond donors (Lipinski definition) is 0. The molecular weight excluding hydrogens is 246 g/mol. The molecule has 0 fully saturated rings. The van der Waals surface area contributed by atoms with Gasteiger partial charge in [0.15, 0.2) is 0 Å². The maximum atomic E-state index is 5.15. The van der Waals surface area contributed by atoms with E-state index in [4.69, 9.17) is 4.74 Å². The second-order valence-electron chi connectivity index (χ2n) is 4.59.